The van der Waals surface area contributed by atoms with E-state index in [4.69, 9.17) is 5.26 Å². The smallest absolute Gasteiger partial charge is 0.252 e. The van der Waals surface area contributed by atoms with E-state index in [2.05, 4.69) is 5.32 Å². The van der Waals surface area contributed by atoms with Gasteiger partial charge >= 0.3 is 0 Å². The highest BCUT2D eigenvalue weighted by Crippen LogP contribution is 2.28. The first-order valence-electron chi connectivity index (χ1n) is 8.28. The van der Waals surface area contributed by atoms with Gasteiger partial charge in [0.25, 0.3) is 10.0 Å². The van der Waals surface area contributed by atoms with Gasteiger partial charge in [0.1, 0.15) is 4.21 Å². The van der Waals surface area contributed by atoms with Crippen LogP contribution in [0.5, 0.6) is 0 Å². The fourth-order valence-electron chi connectivity index (χ4n) is 2.96. The number of rotatable bonds is 4. The number of aryl methyl sites for hydroxylation is 1. The molecule has 0 radical (unpaired) electrons. The Kier molecular flexibility index (Phi) is 5.41. The number of piperidine rings is 1. The molecule has 0 aliphatic carbocycles. The van der Waals surface area contributed by atoms with Crippen LogP contribution in [0, 0.1) is 24.2 Å². The largest absolute Gasteiger partial charge is 0.326 e. The summed E-state index contributed by atoms with van der Waals surface area (Å²) in [6.45, 7) is 2.46. The molecule has 0 unspecified atom stereocenters. The number of carbonyl (C=O) groups is 1. The van der Waals surface area contributed by atoms with Gasteiger partial charge in [0, 0.05) is 23.7 Å². The van der Waals surface area contributed by atoms with Crippen molar-refractivity contribution in [1.82, 2.24) is 4.31 Å². The Hall–Kier alpha value is -2.21. The third-order valence-electron chi connectivity index (χ3n) is 4.32. The molecule has 6 nitrogen and oxygen atoms in total. The van der Waals surface area contributed by atoms with Gasteiger partial charge in [-0.05, 0) is 50.1 Å². The van der Waals surface area contributed by atoms with Crippen molar-refractivity contribution in [2.75, 3.05) is 18.4 Å². The van der Waals surface area contributed by atoms with E-state index in [0.717, 1.165) is 4.88 Å². The molecule has 26 heavy (non-hydrogen) atoms. The summed E-state index contributed by atoms with van der Waals surface area (Å²) in [6.07, 6.45) is 1.28. The first kappa shape index (κ1) is 18.6. The second kappa shape index (κ2) is 7.58. The summed E-state index contributed by atoms with van der Waals surface area (Å²) < 4.78 is 27.3. The van der Waals surface area contributed by atoms with Crippen LogP contribution in [0.3, 0.4) is 0 Å². The Morgan fingerprint density at radius 2 is 2.15 bits per heavy atom. The van der Waals surface area contributed by atoms with Gasteiger partial charge < -0.3 is 5.32 Å². The summed E-state index contributed by atoms with van der Waals surface area (Å²) in [6, 6.07) is 12.1. The molecule has 136 valence electrons. The number of benzene rings is 1. The topological polar surface area (TPSA) is 90.3 Å². The highest BCUT2D eigenvalue weighted by atomic mass is 32.2. The first-order chi connectivity index (χ1) is 12.4. The van der Waals surface area contributed by atoms with Gasteiger partial charge in [-0.1, -0.05) is 6.07 Å². The van der Waals surface area contributed by atoms with E-state index >= 15 is 0 Å². The van der Waals surface area contributed by atoms with Crippen molar-refractivity contribution >= 4 is 33.0 Å². The predicted octanol–water partition coefficient (Wildman–Crippen LogP) is 2.97. The molecule has 1 amide bonds. The van der Waals surface area contributed by atoms with Crippen molar-refractivity contribution in [3.05, 3.63) is 46.8 Å². The van der Waals surface area contributed by atoms with Crippen molar-refractivity contribution in [2.24, 2.45) is 5.92 Å². The van der Waals surface area contributed by atoms with Gasteiger partial charge in [0.05, 0.1) is 17.6 Å². The molecule has 1 aromatic heterocycles. The SMILES string of the molecule is Cc1ccc(S(=O)(=O)N2CCC[C@@H](C(=O)Nc3cccc(C#N)c3)C2)s1. The molecule has 1 aliphatic rings. The van der Waals surface area contributed by atoms with Crippen LogP contribution < -0.4 is 5.32 Å². The molecule has 1 fully saturated rings. The van der Waals surface area contributed by atoms with Crippen molar-refractivity contribution in [1.29, 1.82) is 5.26 Å². The third-order valence-corrected chi connectivity index (χ3v) is 7.66. The molecule has 1 N–H and O–H groups in total. The van der Waals surface area contributed by atoms with Crippen LogP contribution in [-0.4, -0.2) is 31.7 Å². The van der Waals surface area contributed by atoms with Crippen LogP contribution in [0.4, 0.5) is 5.69 Å². The van der Waals surface area contributed by atoms with E-state index in [9.17, 15) is 13.2 Å². The number of carbonyl (C=O) groups excluding carboxylic acids is 1. The monoisotopic (exact) mass is 389 g/mol. The number of hydrogen-bond donors (Lipinski definition) is 1. The Labute approximate surface area is 157 Å². The van der Waals surface area contributed by atoms with Gasteiger partial charge in [-0.25, -0.2) is 8.42 Å². The number of amides is 1. The van der Waals surface area contributed by atoms with Crippen molar-refractivity contribution in [3.63, 3.8) is 0 Å². The van der Waals surface area contributed by atoms with Crippen LogP contribution >= 0.6 is 11.3 Å². The number of nitrogens with one attached hydrogen (secondary N) is 1. The minimum atomic E-state index is -3.56. The molecular formula is C18H19N3O3S2. The molecular weight excluding hydrogens is 370 g/mol. The summed E-state index contributed by atoms with van der Waals surface area (Å²) in [5, 5.41) is 11.7. The lowest BCUT2D eigenvalue weighted by atomic mass is 9.98. The second-order valence-corrected chi connectivity index (χ2v) is 9.70. The zero-order valence-electron chi connectivity index (χ0n) is 14.3. The van der Waals surface area contributed by atoms with E-state index in [1.54, 1.807) is 36.4 Å². The first-order valence-corrected chi connectivity index (χ1v) is 10.5. The molecule has 3 rings (SSSR count). The van der Waals surface area contributed by atoms with E-state index in [1.807, 2.05) is 13.0 Å². The molecule has 1 aliphatic heterocycles. The van der Waals surface area contributed by atoms with Crippen LogP contribution in [0.25, 0.3) is 0 Å². The molecule has 8 heteroatoms. The normalized spacial score (nSPS) is 18.2. The number of thiophene rings is 1. The zero-order valence-corrected chi connectivity index (χ0v) is 15.9. The quantitative estimate of drug-likeness (QED) is 0.870. The van der Waals surface area contributed by atoms with Crippen molar-refractivity contribution < 1.29 is 13.2 Å². The molecule has 2 heterocycles. The average Bonchev–Trinajstić information content (AvgIpc) is 3.09. The third kappa shape index (κ3) is 3.96. The lowest BCUT2D eigenvalue weighted by Gasteiger charge is -2.30. The number of sulfonamides is 1. The van der Waals surface area contributed by atoms with E-state index in [-0.39, 0.29) is 12.5 Å². The summed E-state index contributed by atoms with van der Waals surface area (Å²) >= 11 is 1.24. The second-order valence-electron chi connectivity index (χ2n) is 6.25. The lowest BCUT2D eigenvalue weighted by Crippen LogP contribution is -2.43. The zero-order chi connectivity index (χ0) is 18.7. The van der Waals surface area contributed by atoms with Gasteiger partial charge in [-0.3, -0.25) is 4.79 Å². The highest BCUT2D eigenvalue weighted by molar-refractivity contribution is 7.91. The Bertz CT molecular complexity index is 960. The highest BCUT2D eigenvalue weighted by Gasteiger charge is 2.34. The summed E-state index contributed by atoms with van der Waals surface area (Å²) in [7, 11) is -3.56. The molecule has 1 atom stereocenters. The fraction of sp³-hybridized carbons (Fsp3) is 0.333. The minimum Gasteiger partial charge on any atom is -0.326 e. The Morgan fingerprint density at radius 3 is 2.85 bits per heavy atom. The lowest BCUT2D eigenvalue weighted by molar-refractivity contribution is -0.120. The standard InChI is InChI=1S/C18H19N3O3S2/c1-13-7-8-17(25-13)26(23,24)21-9-3-5-15(12-21)18(22)20-16-6-2-4-14(10-16)11-19/h2,4,6-8,10,15H,3,5,9,12H2,1H3,(H,20,22)/t15-/m1/s1. The number of hydrogen-bond acceptors (Lipinski definition) is 5. The summed E-state index contributed by atoms with van der Waals surface area (Å²) in [5.74, 6) is -0.632. The van der Waals surface area contributed by atoms with Crippen molar-refractivity contribution in [3.8, 4) is 6.07 Å². The maximum Gasteiger partial charge on any atom is 0.252 e. The van der Waals surface area contributed by atoms with E-state index in [1.165, 1.54) is 15.6 Å². The maximum atomic E-state index is 12.8. The van der Waals surface area contributed by atoms with Crippen LogP contribution in [0.2, 0.25) is 0 Å². The van der Waals surface area contributed by atoms with Crippen LogP contribution in [0.15, 0.2) is 40.6 Å². The molecule has 0 spiro atoms. The molecule has 2 aromatic rings. The fourth-order valence-corrected chi connectivity index (χ4v) is 5.92. The Morgan fingerprint density at radius 1 is 1.35 bits per heavy atom. The van der Waals surface area contributed by atoms with Gasteiger partial charge in [0.2, 0.25) is 5.91 Å². The summed E-state index contributed by atoms with van der Waals surface area (Å²) in [4.78, 5) is 13.5. The molecule has 0 bridgehead atoms. The van der Waals surface area contributed by atoms with Gasteiger partial charge in [-0.2, -0.15) is 9.57 Å². The van der Waals surface area contributed by atoms with E-state index < -0.39 is 15.9 Å². The van der Waals surface area contributed by atoms with Crippen LogP contribution in [-0.2, 0) is 14.8 Å². The average molecular weight is 390 g/mol. The van der Waals surface area contributed by atoms with Gasteiger partial charge in [0.15, 0.2) is 0 Å². The van der Waals surface area contributed by atoms with Crippen molar-refractivity contribution in [2.45, 2.75) is 24.0 Å². The number of nitriles is 1. The molecule has 1 aromatic carbocycles. The van der Waals surface area contributed by atoms with Gasteiger partial charge in [-0.15, -0.1) is 11.3 Å². The molecule has 0 saturated carbocycles. The minimum absolute atomic E-state index is 0.170. The predicted molar refractivity (Wildman–Crippen MR) is 100 cm³/mol. The molecule has 1 saturated heterocycles. The van der Waals surface area contributed by atoms with Crippen LogP contribution in [0.1, 0.15) is 23.3 Å². The Balaban J connectivity index is 1.71. The number of anilines is 1. The maximum absolute atomic E-state index is 12.8. The number of nitrogens with zero attached hydrogens (tertiary/aromatic N) is 2. The summed E-state index contributed by atoms with van der Waals surface area (Å²) in [5.41, 5.74) is 1.01. The van der Waals surface area contributed by atoms with E-state index in [0.29, 0.717) is 34.8 Å².